The maximum Gasteiger partial charge on any atom is 0.137 e. The van der Waals surface area contributed by atoms with Crippen LogP contribution in [0.3, 0.4) is 0 Å². The van der Waals surface area contributed by atoms with Crippen LogP contribution in [0.15, 0.2) is 0 Å². The number of hydrogen-bond acceptors (Lipinski definition) is 3. The fraction of sp³-hybridized carbons (Fsp3) is 0.944. The second-order valence-electron chi connectivity index (χ2n) is 8.65. The molecule has 0 aromatic carbocycles. The van der Waals surface area contributed by atoms with Crippen molar-refractivity contribution >= 4 is 5.78 Å². The molecule has 3 nitrogen and oxygen atoms in total. The molecule has 2 aliphatic rings. The van der Waals surface area contributed by atoms with E-state index in [-0.39, 0.29) is 5.92 Å². The zero-order valence-electron chi connectivity index (χ0n) is 14.3. The van der Waals surface area contributed by atoms with Crippen molar-refractivity contribution in [3.63, 3.8) is 0 Å². The van der Waals surface area contributed by atoms with Crippen LogP contribution < -0.4 is 0 Å². The number of carbonyl (C=O) groups is 1. The highest BCUT2D eigenvalue weighted by Gasteiger charge is 2.36. The van der Waals surface area contributed by atoms with Crippen LogP contribution in [0.1, 0.15) is 66.2 Å². The maximum atomic E-state index is 12.3. The fourth-order valence-corrected chi connectivity index (χ4v) is 3.89. The van der Waals surface area contributed by atoms with Crippen LogP contribution in [0, 0.1) is 17.3 Å². The van der Waals surface area contributed by atoms with Gasteiger partial charge in [-0.3, -0.25) is 4.79 Å². The molecular weight excluding hydrogens is 262 g/mol. The van der Waals surface area contributed by atoms with Crippen LogP contribution in [0.5, 0.6) is 0 Å². The summed E-state index contributed by atoms with van der Waals surface area (Å²) in [5.74, 6) is 1.34. The molecule has 0 radical (unpaired) electrons. The number of carbonyl (C=O) groups excluding carboxylic acids is 1. The summed E-state index contributed by atoms with van der Waals surface area (Å²) in [6.07, 6.45) is 5.63. The quantitative estimate of drug-likeness (QED) is 0.850. The zero-order chi connectivity index (χ0) is 15.7. The highest BCUT2D eigenvalue weighted by atomic mass is 16.3. The predicted molar refractivity (Wildman–Crippen MR) is 86.2 cm³/mol. The van der Waals surface area contributed by atoms with Crippen LogP contribution in [-0.4, -0.2) is 41.0 Å². The van der Waals surface area contributed by atoms with Crippen molar-refractivity contribution in [1.29, 1.82) is 0 Å². The highest BCUT2D eigenvalue weighted by molar-refractivity contribution is 5.82. The standard InChI is InChI=1S/C18H33NO2/c1-17(2,3)15-6-7-16(20)14(12-15)13-19-10-5-8-18(4,21)9-11-19/h14-15,21H,5-13H2,1-4H3. The zero-order valence-corrected chi connectivity index (χ0v) is 14.3. The highest BCUT2D eigenvalue weighted by Crippen LogP contribution is 2.39. The van der Waals surface area contributed by atoms with Gasteiger partial charge in [-0.25, -0.2) is 0 Å². The average molecular weight is 295 g/mol. The van der Waals surface area contributed by atoms with Crippen molar-refractivity contribution in [2.45, 2.75) is 71.8 Å². The molecule has 3 atom stereocenters. The van der Waals surface area contributed by atoms with Gasteiger partial charge in [-0.05, 0) is 56.9 Å². The van der Waals surface area contributed by atoms with Gasteiger partial charge in [-0.15, -0.1) is 0 Å². The van der Waals surface area contributed by atoms with Crippen LogP contribution in [0.2, 0.25) is 0 Å². The molecule has 2 rings (SSSR count). The van der Waals surface area contributed by atoms with E-state index in [0.29, 0.717) is 17.1 Å². The first kappa shape index (κ1) is 17.0. The smallest absolute Gasteiger partial charge is 0.137 e. The lowest BCUT2D eigenvalue weighted by molar-refractivity contribution is -0.127. The number of aliphatic hydroxyl groups is 1. The molecule has 1 aliphatic heterocycles. The summed E-state index contributed by atoms with van der Waals surface area (Å²) in [5, 5.41) is 10.2. The molecule has 1 saturated heterocycles. The number of likely N-dealkylation sites (tertiary alicyclic amines) is 1. The third-order valence-electron chi connectivity index (χ3n) is 5.62. The van der Waals surface area contributed by atoms with Crippen molar-refractivity contribution in [2.24, 2.45) is 17.3 Å². The molecule has 1 N–H and O–H groups in total. The molecule has 0 aromatic heterocycles. The Morgan fingerprint density at radius 3 is 2.67 bits per heavy atom. The van der Waals surface area contributed by atoms with Gasteiger partial charge in [-0.1, -0.05) is 20.8 Å². The molecule has 1 heterocycles. The largest absolute Gasteiger partial charge is 0.390 e. The van der Waals surface area contributed by atoms with Gasteiger partial charge in [0.2, 0.25) is 0 Å². The molecule has 0 aromatic rings. The summed E-state index contributed by atoms with van der Waals surface area (Å²) >= 11 is 0. The number of Topliss-reactive ketones (excluding diaryl/α,β-unsaturated/α-hetero) is 1. The Labute approximate surface area is 130 Å². The second-order valence-corrected chi connectivity index (χ2v) is 8.65. The second kappa shape index (κ2) is 6.37. The van der Waals surface area contributed by atoms with Crippen molar-refractivity contribution in [1.82, 2.24) is 4.90 Å². The molecule has 122 valence electrons. The molecular formula is C18H33NO2. The normalized spacial score (nSPS) is 36.5. The van der Waals surface area contributed by atoms with E-state index in [9.17, 15) is 9.90 Å². The Morgan fingerprint density at radius 2 is 2.00 bits per heavy atom. The lowest BCUT2D eigenvalue weighted by Gasteiger charge is -2.38. The summed E-state index contributed by atoms with van der Waals surface area (Å²) in [5.41, 5.74) is -0.208. The van der Waals surface area contributed by atoms with Gasteiger partial charge in [0.15, 0.2) is 0 Å². The molecule has 3 heteroatoms. The molecule has 3 unspecified atom stereocenters. The molecule has 1 saturated carbocycles. The van der Waals surface area contributed by atoms with Crippen LogP contribution >= 0.6 is 0 Å². The predicted octanol–water partition coefficient (Wildman–Crippen LogP) is 3.25. The van der Waals surface area contributed by atoms with Gasteiger partial charge in [0, 0.05) is 25.4 Å². The van der Waals surface area contributed by atoms with E-state index in [0.717, 1.165) is 58.2 Å². The minimum absolute atomic E-state index is 0.214. The van der Waals surface area contributed by atoms with E-state index >= 15 is 0 Å². The van der Waals surface area contributed by atoms with Crippen molar-refractivity contribution in [3.05, 3.63) is 0 Å². The van der Waals surface area contributed by atoms with Gasteiger partial charge in [0.05, 0.1) is 5.60 Å². The summed E-state index contributed by atoms with van der Waals surface area (Å²) in [6, 6.07) is 0. The van der Waals surface area contributed by atoms with E-state index in [2.05, 4.69) is 25.7 Å². The maximum absolute atomic E-state index is 12.3. The minimum Gasteiger partial charge on any atom is -0.390 e. The first-order valence-electron chi connectivity index (χ1n) is 8.65. The summed E-state index contributed by atoms with van der Waals surface area (Å²) < 4.78 is 0. The summed E-state index contributed by atoms with van der Waals surface area (Å²) in [7, 11) is 0. The summed E-state index contributed by atoms with van der Waals surface area (Å²) in [4.78, 5) is 14.7. The lowest BCUT2D eigenvalue weighted by atomic mass is 9.68. The molecule has 0 spiro atoms. The van der Waals surface area contributed by atoms with E-state index < -0.39 is 5.60 Å². The van der Waals surface area contributed by atoms with Crippen molar-refractivity contribution in [2.75, 3.05) is 19.6 Å². The molecule has 0 amide bonds. The molecule has 1 aliphatic carbocycles. The van der Waals surface area contributed by atoms with Gasteiger partial charge >= 0.3 is 0 Å². The number of hydrogen-bond donors (Lipinski definition) is 1. The Morgan fingerprint density at radius 1 is 1.29 bits per heavy atom. The van der Waals surface area contributed by atoms with Crippen molar-refractivity contribution < 1.29 is 9.90 Å². The fourth-order valence-electron chi connectivity index (χ4n) is 3.89. The van der Waals surface area contributed by atoms with E-state index in [4.69, 9.17) is 0 Å². The number of nitrogens with zero attached hydrogens (tertiary/aromatic N) is 1. The molecule has 0 bridgehead atoms. The number of rotatable bonds is 2. The monoisotopic (exact) mass is 295 g/mol. The first-order valence-corrected chi connectivity index (χ1v) is 8.65. The Balaban J connectivity index is 1.93. The third kappa shape index (κ3) is 4.79. The summed E-state index contributed by atoms with van der Waals surface area (Å²) in [6.45, 7) is 11.7. The van der Waals surface area contributed by atoms with Crippen LogP contribution in [-0.2, 0) is 4.79 Å². The van der Waals surface area contributed by atoms with E-state index in [1.807, 2.05) is 6.92 Å². The molecule has 21 heavy (non-hydrogen) atoms. The first-order chi connectivity index (χ1) is 9.67. The lowest BCUT2D eigenvalue weighted by Crippen LogP contribution is -2.40. The SMILES string of the molecule is CC1(O)CCCN(CC2CC(C(C)(C)C)CCC2=O)CC1. The Kier molecular flexibility index (Phi) is 5.15. The van der Waals surface area contributed by atoms with Gasteiger partial charge < -0.3 is 10.0 Å². The number of ketones is 1. The third-order valence-corrected chi connectivity index (χ3v) is 5.62. The van der Waals surface area contributed by atoms with Crippen LogP contribution in [0.25, 0.3) is 0 Å². The average Bonchev–Trinajstić information content (AvgIpc) is 2.52. The van der Waals surface area contributed by atoms with Gasteiger partial charge in [0.1, 0.15) is 5.78 Å². The van der Waals surface area contributed by atoms with E-state index in [1.165, 1.54) is 0 Å². The minimum atomic E-state index is -0.515. The van der Waals surface area contributed by atoms with Crippen molar-refractivity contribution in [3.8, 4) is 0 Å². The van der Waals surface area contributed by atoms with E-state index in [1.54, 1.807) is 0 Å². The Hall–Kier alpha value is -0.410. The van der Waals surface area contributed by atoms with Gasteiger partial charge in [-0.2, -0.15) is 0 Å². The van der Waals surface area contributed by atoms with Crippen LogP contribution in [0.4, 0.5) is 0 Å². The molecule has 2 fully saturated rings. The topological polar surface area (TPSA) is 40.5 Å². The van der Waals surface area contributed by atoms with Gasteiger partial charge in [0.25, 0.3) is 0 Å². The Bertz CT molecular complexity index is 370.